The maximum Gasteiger partial charge on any atom is 0.276 e. The lowest BCUT2D eigenvalue weighted by Crippen LogP contribution is -2.40. The normalized spacial score (nSPS) is 10.5. The van der Waals surface area contributed by atoms with Crippen LogP contribution in [0.3, 0.4) is 0 Å². The molecule has 154 valence electrons. The lowest BCUT2D eigenvalue weighted by Gasteiger charge is -2.12. The van der Waals surface area contributed by atoms with Gasteiger partial charge in [-0.1, -0.05) is 42.5 Å². The van der Waals surface area contributed by atoms with Gasteiger partial charge in [0.2, 0.25) is 11.3 Å². The van der Waals surface area contributed by atoms with E-state index in [1.165, 1.54) is 28.9 Å². The fourth-order valence-corrected chi connectivity index (χ4v) is 2.87. The van der Waals surface area contributed by atoms with Gasteiger partial charge in [0, 0.05) is 18.3 Å². The number of aryl methyl sites for hydroxylation is 1. The van der Waals surface area contributed by atoms with Crippen LogP contribution in [0.25, 0.3) is 5.69 Å². The summed E-state index contributed by atoms with van der Waals surface area (Å²) in [5, 5.41) is 9.08. The minimum atomic E-state index is -0.803. The molecule has 30 heavy (non-hydrogen) atoms. The average molecular weight is 408 g/mol. The van der Waals surface area contributed by atoms with Crippen molar-refractivity contribution in [1.82, 2.24) is 20.4 Å². The molecular weight excluding hydrogens is 387 g/mol. The first-order valence-corrected chi connectivity index (χ1v) is 9.40. The van der Waals surface area contributed by atoms with Gasteiger partial charge in [0.15, 0.2) is 5.69 Å². The van der Waals surface area contributed by atoms with Gasteiger partial charge in [-0.15, -0.1) is 0 Å². The number of rotatable bonds is 7. The highest BCUT2D eigenvalue weighted by atomic mass is 19.1. The fourth-order valence-electron chi connectivity index (χ4n) is 2.87. The van der Waals surface area contributed by atoms with Gasteiger partial charge in [0.05, 0.1) is 6.54 Å². The third-order valence-corrected chi connectivity index (χ3v) is 4.39. The summed E-state index contributed by atoms with van der Waals surface area (Å²) in [4.78, 5) is 36.5. The Bertz CT molecular complexity index is 1110. The molecule has 0 saturated heterocycles. The summed E-state index contributed by atoms with van der Waals surface area (Å²) in [7, 11) is 0. The molecule has 3 rings (SSSR count). The topological polar surface area (TPSA) is 93.1 Å². The molecule has 8 heteroatoms. The van der Waals surface area contributed by atoms with Gasteiger partial charge in [0.1, 0.15) is 11.5 Å². The van der Waals surface area contributed by atoms with E-state index in [-0.39, 0.29) is 18.1 Å². The van der Waals surface area contributed by atoms with E-state index in [1.807, 2.05) is 30.3 Å². The number of para-hydroxylation sites is 1. The van der Waals surface area contributed by atoms with Crippen LogP contribution in [0.1, 0.15) is 21.7 Å². The van der Waals surface area contributed by atoms with Crippen molar-refractivity contribution in [3.05, 3.63) is 93.7 Å². The highest BCUT2D eigenvalue weighted by molar-refractivity contribution is 5.94. The summed E-state index contributed by atoms with van der Waals surface area (Å²) in [5.74, 6) is -1.73. The van der Waals surface area contributed by atoms with E-state index in [0.29, 0.717) is 18.7 Å². The predicted molar refractivity (Wildman–Crippen MR) is 110 cm³/mol. The van der Waals surface area contributed by atoms with Crippen molar-refractivity contribution >= 4 is 11.8 Å². The minimum absolute atomic E-state index is 0.114. The van der Waals surface area contributed by atoms with Crippen molar-refractivity contribution in [2.24, 2.45) is 0 Å². The minimum Gasteiger partial charge on any atom is -0.354 e. The number of carbonyl (C=O) groups excluding carboxylic acids is 2. The van der Waals surface area contributed by atoms with Crippen LogP contribution in [-0.2, 0) is 11.2 Å². The summed E-state index contributed by atoms with van der Waals surface area (Å²) in [6.45, 7) is 1.70. The summed E-state index contributed by atoms with van der Waals surface area (Å²) < 4.78 is 15.3. The number of hydrogen-bond donors (Lipinski definition) is 2. The number of amides is 2. The second-order valence-electron chi connectivity index (χ2n) is 6.63. The second kappa shape index (κ2) is 9.60. The highest BCUT2D eigenvalue weighted by Crippen LogP contribution is 2.13. The first-order chi connectivity index (χ1) is 14.5. The molecule has 2 N–H and O–H groups in total. The van der Waals surface area contributed by atoms with Crippen LogP contribution in [0.15, 0.2) is 65.5 Å². The van der Waals surface area contributed by atoms with Gasteiger partial charge in [-0.05, 0) is 31.0 Å². The predicted octanol–water partition coefficient (Wildman–Crippen LogP) is 1.77. The van der Waals surface area contributed by atoms with E-state index in [2.05, 4.69) is 15.7 Å². The van der Waals surface area contributed by atoms with E-state index in [4.69, 9.17) is 0 Å². The SMILES string of the molecule is Cc1cc(=O)c(C(=O)NCC(=O)NCCc2ccccc2)nn1-c1ccccc1F. The maximum absolute atomic E-state index is 14.1. The lowest BCUT2D eigenvalue weighted by atomic mass is 10.1. The van der Waals surface area contributed by atoms with E-state index < -0.39 is 22.8 Å². The van der Waals surface area contributed by atoms with E-state index in [0.717, 1.165) is 5.56 Å². The van der Waals surface area contributed by atoms with Crippen molar-refractivity contribution in [3.63, 3.8) is 0 Å². The molecule has 0 radical (unpaired) electrons. The summed E-state index contributed by atoms with van der Waals surface area (Å²) in [6.07, 6.45) is 0.660. The fraction of sp³-hybridized carbons (Fsp3) is 0.182. The second-order valence-corrected chi connectivity index (χ2v) is 6.63. The molecule has 0 spiro atoms. The zero-order valence-corrected chi connectivity index (χ0v) is 16.4. The van der Waals surface area contributed by atoms with E-state index in [9.17, 15) is 18.8 Å². The third-order valence-electron chi connectivity index (χ3n) is 4.39. The monoisotopic (exact) mass is 408 g/mol. The van der Waals surface area contributed by atoms with Crippen LogP contribution in [0.4, 0.5) is 4.39 Å². The van der Waals surface area contributed by atoms with Crippen molar-refractivity contribution in [2.45, 2.75) is 13.3 Å². The summed E-state index contributed by atoms with van der Waals surface area (Å²) in [5.41, 5.74) is 0.547. The smallest absolute Gasteiger partial charge is 0.276 e. The Balaban J connectivity index is 1.62. The molecule has 2 aromatic carbocycles. The molecule has 7 nitrogen and oxygen atoms in total. The average Bonchev–Trinajstić information content (AvgIpc) is 2.74. The number of benzene rings is 2. The molecule has 0 atom stereocenters. The number of nitrogens with one attached hydrogen (secondary N) is 2. The van der Waals surface area contributed by atoms with Crippen LogP contribution in [0, 0.1) is 12.7 Å². The zero-order chi connectivity index (χ0) is 21.5. The largest absolute Gasteiger partial charge is 0.354 e. The van der Waals surface area contributed by atoms with Gasteiger partial charge in [-0.2, -0.15) is 5.10 Å². The first kappa shape index (κ1) is 20.9. The Morgan fingerprint density at radius 2 is 1.73 bits per heavy atom. The highest BCUT2D eigenvalue weighted by Gasteiger charge is 2.17. The molecule has 1 aromatic heterocycles. The molecule has 0 aliphatic carbocycles. The molecule has 0 aliphatic heterocycles. The zero-order valence-electron chi connectivity index (χ0n) is 16.4. The van der Waals surface area contributed by atoms with Gasteiger partial charge in [-0.3, -0.25) is 14.4 Å². The first-order valence-electron chi connectivity index (χ1n) is 9.40. The standard InChI is InChI=1S/C22H21FN4O3/c1-15-13-19(28)21(26-27(15)18-10-6-5-9-17(18)23)22(30)25-14-20(29)24-12-11-16-7-3-2-4-8-16/h2-10,13H,11-12,14H2,1H3,(H,24,29)(H,25,30). The van der Waals surface area contributed by atoms with E-state index in [1.54, 1.807) is 13.0 Å². The van der Waals surface area contributed by atoms with Gasteiger partial charge in [0.25, 0.3) is 5.91 Å². The molecule has 0 bridgehead atoms. The Labute approximate surface area is 172 Å². The summed E-state index contributed by atoms with van der Waals surface area (Å²) >= 11 is 0. The molecule has 0 fully saturated rings. The molecule has 1 heterocycles. The Morgan fingerprint density at radius 3 is 2.47 bits per heavy atom. The van der Waals surface area contributed by atoms with Gasteiger partial charge >= 0.3 is 0 Å². The van der Waals surface area contributed by atoms with Gasteiger partial charge < -0.3 is 10.6 Å². The van der Waals surface area contributed by atoms with Crippen molar-refractivity contribution in [3.8, 4) is 5.69 Å². The quantitative estimate of drug-likeness (QED) is 0.623. The number of halogens is 1. The number of aromatic nitrogens is 2. The Kier molecular flexibility index (Phi) is 6.69. The molecule has 0 aliphatic rings. The van der Waals surface area contributed by atoms with Crippen molar-refractivity contribution in [1.29, 1.82) is 0 Å². The van der Waals surface area contributed by atoms with E-state index >= 15 is 0 Å². The number of hydrogen-bond acceptors (Lipinski definition) is 4. The van der Waals surface area contributed by atoms with Crippen molar-refractivity contribution < 1.29 is 14.0 Å². The lowest BCUT2D eigenvalue weighted by molar-refractivity contribution is -0.120. The Hall–Kier alpha value is -3.81. The number of carbonyl (C=O) groups is 2. The molecular formula is C22H21FN4O3. The summed E-state index contributed by atoms with van der Waals surface area (Å²) in [6, 6.07) is 16.8. The molecule has 3 aromatic rings. The molecule has 0 saturated carbocycles. The maximum atomic E-state index is 14.1. The Morgan fingerprint density at radius 1 is 1.03 bits per heavy atom. The third kappa shape index (κ3) is 5.16. The number of nitrogens with zero attached hydrogens (tertiary/aromatic N) is 2. The molecule has 0 unspecified atom stereocenters. The van der Waals surface area contributed by atoms with Crippen LogP contribution in [0.5, 0.6) is 0 Å². The van der Waals surface area contributed by atoms with Gasteiger partial charge in [-0.25, -0.2) is 9.07 Å². The van der Waals surface area contributed by atoms with Crippen LogP contribution in [0.2, 0.25) is 0 Å². The van der Waals surface area contributed by atoms with Crippen LogP contribution >= 0.6 is 0 Å². The van der Waals surface area contributed by atoms with Crippen LogP contribution in [-0.4, -0.2) is 34.7 Å². The molecule has 2 amide bonds. The van der Waals surface area contributed by atoms with Crippen molar-refractivity contribution in [2.75, 3.05) is 13.1 Å². The van der Waals surface area contributed by atoms with Crippen LogP contribution < -0.4 is 16.1 Å².